The molecule has 7 heteroatoms. The second kappa shape index (κ2) is 13.7. The smallest absolute Gasteiger partial charge is 0.509 e. The van der Waals surface area contributed by atoms with E-state index in [1.807, 2.05) is 70.0 Å². The molecule has 3 aromatic heterocycles. The molecule has 0 fully saturated rings. The van der Waals surface area contributed by atoms with Gasteiger partial charge in [0, 0.05) is 41.0 Å². The van der Waals surface area contributed by atoms with Crippen molar-refractivity contribution >= 4 is 21.8 Å². The molecule has 47 heavy (non-hydrogen) atoms. The maximum atomic E-state index is 14.2. The molecule has 0 radical (unpaired) electrons. The summed E-state index contributed by atoms with van der Waals surface area (Å²) in [4.78, 5) is 4.45. The predicted molar refractivity (Wildman–Crippen MR) is 182 cm³/mol. The van der Waals surface area contributed by atoms with E-state index in [9.17, 15) is 4.39 Å². The van der Waals surface area contributed by atoms with Crippen LogP contribution in [0.1, 0.15) is 38.8 Å². The van der Waals surface area contributed by atoms with E-state index in [1.54, 1.807) is 0 Å². The summed E-state index contributed by atoms with van der Waals surface area (Å²) < 4.78 is 24.3. The average Bonchev–Trinajstić information content (AvgIpc) is 3.64. The van der Waals surface area contributed by atoms with E-state index in [0.717, 1.165) is 45.9 Å². The van der Waals surface area contributed by atoms with Crippen molar-refractivity contribution in [2.24, 2.45) is 11.8 Å². The Balaban J connectivity index is 0.00000386. The number of nitrogens with zero attached hydrogens (tertiary/aromatic N) is 4. The van der Waals surface area contributed by atoms with Crippen LogP contribution in [0.4, 0.5) is 4.39 Å². The van der Waals surface area contributed by atoms with Crippen LogP contribution in [0.25, 0.3) is 44.4 Å². The van der Waals surface area contributed by atoms with Gasteiger partial charge < -0.3 is 9.30 Å². The molecule has 0 N–H and O–H groups in total. The van der Waals surface area contributed by atoms with Gasteiger partial charge in [-0.05, 0) is 64.6 Å². The molecule has 0 saturated heterocycles. The number of benzene rings is 4. The summed E-state index contributed by atoms with van der Waals surface area (Å²) in [5.74, 6) is 2.28. The maximum absolute atomic E-state index is 14.2. The van der Waals surface area contributed by atoms with Gasteiger partial charge in [-0.15, -0.1) is 35.7 Å². The number of hydrogen-bond donors (Lipinski definition) is 0. The minimum Gasteiger partial charge on any atom is -0.509 e. The maximum Gasteiger partial charge on any atom is 2.00 e. The molecule has 0 atom stereocenters. The fourth-order valence-electron chi connectivity index (χ4n) is 6.26. The SMILES string of the molecule is CC(C)Cc1cccc(CC(C)C)c1-c1cnn(-c2[c-]c(Oc3[c-]c4c(cc3)c3ccccc3n4-c3cc(F)ccn3)ccc2)c1.[Pt+2]. The van der Waals surface area contributed by atoms with Gasteiger partial charge in [0.2, 0.25) is 0 Å². The summed E-state index contributed by atoms with van der Waals surface area (Å²) in [6, 6.07) is 33.9. The molecule has 0 saturated carbocycles. The first-order valence-corrected chi connectivity index (χ1v) is 15.8. The van der Waals surface area contributed by atoms with E-state index in [2.05, 4.69) is 69.2 Å². The summed E-state index contributed by atoms with van der Waals surface area (Å²) >= 11 is 0. The van der Waals surface area contributed by atoms with Gasteiger partial charge in [0.25, 0.3) is 0 Å². The molecule has 5 nitrogen and oxygen atoms in total. The zero-order chi connectivity index (χ0) is 31.8. The van der Waals surface area contributed by atoms with E-state index in [4.69, 9.17) is 9.84 Å². The fourth-order valence-corrected chi connectivity index (χ4v) is 6.26. The van der Waals surface area contributed by atoms with Crippen LogP contribution in [0.15, 0.2) is 104 Å². The second-order valence-corrected chi connectivity index (χ2v) is 12.6. The van der Waals surface area contributed by atoms with Gasteiger partial charge >= 0.3 is 21.1 Å². The number of hydrogen-bond acceptors (Lipinski definition) is 3. The molecular weight excluding hydrogens is 767 g/mol. The van der Waals surface area contributed by atoms with Gasteiger partial charge in [0.15, 0.2) is 0 Å². The number of halogens is 1. The Bertz CT molecular complexity index is 2150. The Hall–Kier alpha value is -4.54. The number of ether oxygens (including phenoxy) is 1. The van der Waals surface area contributed by atoms with Crippen molar-refractivity contribution in [1.82, 2.24) is 19.3 Å². The number of pyridine rings is 1. The van der Waals surface area contributed by atoms with Crippen LogP contribution in [-0.4, -0.2) is 19.3 Å². The Morgan fingerprint density at radius 2 is 1.51 bits per heavy atom. The van der Waals surface area contributed by atoms with E-state index < -0.39 is 0 Å². The average molecular weight is 802 g/mol. The normalized spacial score (nSPS) is 11.5. The van der Waals surface area contributed by atoms with Crippen LogP contribution in [0, 0.1) is 29.8 Å². The van der Waals surface area contributed by atoms with Gasteiger partial charge in [-0.1, -0.05) is 69.6 Å². The first-order valence-electron chi connectivity index (χ1n) is 15.8. The van der Waals surface area contributed by atoms with Crippen LogP contribution in [0.5, 0.6) is 11.5 Å². The molecule has 0 aliphatic heterocycles. The number of para-hydroxylation sites is 1. The Morgan fingerprint density at radius 1 is 0.787 bits per heavy atom. The third-order valence-corrected chi connectivity index (χ3v) is 8.08. The zero-order valence-electron chi connectivity index (χ0n) is 26.8. The van der Waals surface area contributed by atoms with Gasteiger partial charge in [-0.2, -0.15) is 17.2 Å². The predicted octanol–water partition coefficient (Wildman–Crippen LogP) is 9.96. The summed E-state index contributed by atoms with van der Waals surface area (Å²) in [5.41, 5.74) is 7.53. The van der Waals surface area contributed by atoms with Gasteiger partial charge in [-0.3, -0.25) is 4.68 Å². The minimum atomic E-state index is -0.351. The first kappa shape index (κ1) is 32.4. The molecule has 0 aliphatic carbocycles. The van der Waals surface area contributed by atoms with Gasteiger partial charge in [-0.25, -0.2) is 9.37 Å². The summed E-state index contributed by atoms with van der Waals surface area (Å²) in [7, 11) is 0. The molecule has 238 valence electrons. The van der Waals surface area contributed by atoms with Crippen LogP contribution < -0.4 is 4.74 Å². The van der Waals surface area contributed by atoms with Gasteiger partial charge in [0.1, 0.15) is 11.6 Å². The molecule has 7 rings (SSSR count). The number of aromatic nitrogens is 4. The zero-order valence-corrected chi connectivity index (χ0v) is 29.0. The fraction of sp³-hybridized carbons (Fsp3) is 0.200. The van der Waals surface area contributed by atoms with Crippen molar-refractivity contribution < 1.29 is 30.2 Å². The summed E-state index contributed by atoms with van der Waals surface area (Å²) in [6.07, 6.45) is 7.53. The molecule has 0 spiro atoms. The van der Waals surface area contributed by atoms with Crippen molar-refractivity contribution in [2.45, 2.75) is 40.5 Å². The Morgan fingerprint density at radius 3 is 2.26 bits per heavy atom. The monoisotopic (exact) mass is 801 g/mol. The standard InChI is InChI=1S/C40H35FN4O.Pt/c1-26(2)19-28-9-7-10-29(20-27(3)4)40(28)30-24-43-44(25-30)32-11-8-12-33(22-32)46-34-15-16-36-35-13-5-6-14-37(35)45(38(36)23-34)39-21-31(41)17-18-42-39;/h5-18,21,24-27H,19-20H2,1-4H3;/q-2;+2. The van der Waals surface area contributed by atoms with Gasteiger partial charge in [0.05, 0.1) is 6.20 Å². The third-order valence-electron chi connectivity index (χ3n) is 8.08. The molecule has 3 heterocycles. The van der Waals surface area contributed by atoms with Crippen LogP contribution in [0.3, 0.4) is 0 Å². The molecular formula is C40H35FN4OPt. The molecule has 7 aromatic rings. The molecule has 0 unspecified atom stereocenters. The van der Waals surface area contributed by atoms with Crippen molar-refractivity contribution in [1.29, 1.82) is 0 Å². The molecule has 0 aliphatic rings. The first-order chi connectivity index (χ1) is 22.3. The van der Waals surface area contributed by atoms with Crippen molar-refractivity contribution in [3.05, 3.63) is 133 Å². The largest absolute Gasteiger partial charge is 2.00 e. The summed E-state index contributed by atoms with van der Waals surface area (Å²) in [6.45, 7) is 9.04. The number of rotatable bonds is 9. The van der Waals surface area contributed by atoms with E-state index in [-0.39, 0.29) is 26.9 Å². The quantitative estimate of drug-likeness (QED) is 0.137. The van der Waals surface area contributed by atoms with Crippen LogP contribution in [0.2, 0.25) is 0 Å². The van der Waals surface area contributed by atoms with Crippen LogP contribution in [-0.2, 0) is 33.9 Å². The second-order valence-electron chi connectivity index (χ2n) is 12.6. The Labute approximate surface area is 289 Å². The molecule has 0 bridgehead atoms. The molecule has 4 aromatic carbocycles. The Kier molecular flexibility index (Phi) is 9.42. The van der Waals surface area contributed by atoms with E-state index in [1.165, 1.54) is 35.0 Å². The van der Waals surface area contributed by atoms with Crippen molar-refractivity contribution in [3.63, 3.8) is 0 Å². The van der Waals surface area contributed by atoms with Crippen LogP contribution >= 0.6 is 0 Å². The molecule has 0 amide bonds. The van der Waals surface area contributed by atoms with Crippen molar-refractivity contribution in [2.75, 3.05) is 0 Å². The van der Waals surface area contributed by atoms with Crippen molar-refractivity contribution in [3.8, 4) is 34.1 Å². The topological polar surface area (TPSA) is 44.9 Å². The van der Waals surface area contributed by atoms with E-state index in [0.29, 0.717) is 29.2 Å². The van der Waals surface area contributed by atoms with E-state index >= 15 is 0 Å². The summed E-state index contributed by atoms with van der Waals surface area (Å²) in [5, 5.41) is 6.76. The number of fused-ring (bicyclic) bond motifs is 3. The minimum absolute atomic E-state index is 0. The third kappa shape index (κ3) is 6.66.